The van der Waals surface area contributed by atoms with Crippen LogP contribution in [-0.2, 0) is 0 Å². The first-order valence-corrected chi connectivity index (χ1v) is 5.31. The molecule has 1 heterocycles. The Morgan fingerprint density at radius 3 is 2.79 bits per heavy atom. The Bertz CT molecular complexity index is 493. The third-order valence-corrected chi connectivity index (χ3v) is 2.72. The molecule has 0 atom stereocenters. The highest BCUT2D eigenvalue weighted by molar-refractivity contribution is 7.98. The number of aryl methyl sites for hydroxylation is 1. The lowest BCUT2D eigenvalue weighted by atomic mass is 10.2. The first-order valence-electron chi connectivity index (χ1n) is 4.08. The number of thioether (sulfide) groups is 1. The van der Waals surface area contributed by atoms with Gasteiger partial charge in [-0.05, 0) is 13.2 Å². The zero-order valence-electron chi connectivity index (χ0n) is 7.83. The normalized spacial score (nSPS) is 11.0. The third kappa shape index (κ3) is 1.21. The number of nitrogens with one attached hydrogen (secondary N) is 1. The summed E-state index contributed by atoms with van der Waals surface area (Å²) < 4.78 is 0. The van der Waals surface area contributed by atoms with Crippen LogP contribution in [0, 0.1) is 6.92 Å². The first kappa shape index (κ1) is 9.21. The Morgan fingerprint density at radius 1 is 1.43 bits per heavy atom. The van der Waals surface area contributed by atoms with Gasteiger partial charge in [-0.15, -0.1) is 0 Å². The summed E-state index contributed by atoms with van der Waals surface area (Å²) in [4.78, 5) is 7.30. The molecular formula is C9H10N2O2S. The molecule has 1 aromatic heterocycles. The average Bonchev–Trinajstić information content (AvgIpc) is 2.57. The summed E-state index contributed by atoms with van der Waals surface area (Å²) >= 11 is 1.49. The standard InChI is InChI=1S/C9H10N2O2S/c1-4-7-5(3-6(12)8(4)13)10-9(11-7)14-2/h3,12-13H,1-2H3,(H,10,11). The second-order valence-corrected chi connectivity index (χ2v) is 3.81. The summed E-state index contributed by atoms with van der Waals surface area (Å²) in [6.07, 6.45) is 1.91. The molecule has 0 fully saturated rings. The molecule has 0 saturated heterocycles. The average molecular weight is 210 g/mol. The van der Waals surface area contributed by atoms with Gasteiger partial charge in [0.15, 0.2) is 16.7 Å². The van der Waals surface area contributed by atoms with Crippen LogP contribution >= 0.6 is 11.8 Å². The zero-order chi connectivity index (χ0) is 10.3. The summed E-state index contributed by atoms with van der Waals surface area (Å²) in [5, 5.41) is 19.6. The lowest BCUT2D eigenvalue weighted by molar-refractivity contribution is 0.402. The maximum Gasteiger partial charge on any atom is 0.166 e. The summed E-state index contributed by atoms with van der Waals surface area (Å²) in [7, 11) is 0. The van der Waals surface area contributed by atoms with Crippen LogP contribution in [0.2, 0.25) is 0 Å². The van der Waals surface area contributed by atoms with Crippen LogP contribution in [0.5, 0.6) is 11.5 Å². The molecule has 0 aliphatic rings. The number of imidazole rings is 1. The van der Waals surface area contributed by atoms with E-state index in [-0.39, 0.29) is 11.5 Å². The van der Waals surface area contributed by atoms with Gasteiger partial charge in [-0.2, -0.15) is 0 Å². The topological polar surface area (TPSA) is 69.1 Å². The molecule has 2 aromatic rings. The molecule has 0 spiro atoms. The molecule has 0 unspecified atom stereocenters. The number of aromatic amines is 1. The van der Waals surface area contributed by atoms with E-state index < -0.39 is 0 Å². The largest absolute Gasteiger partial charge is 0.504 e. The number of H-pyrrole nitrogens is 1. The van der Waals surface area contributed by atoms with Crippen molar-refractivity contribution in [2.45, 2.75) is 12.1 Å². The van der Waals surface area contributed by atoms with Crippen LogP contribution < -0.4 is 0 Å². The maximum absolute atomic E-state index is 9.48. The number of rotatable bonds is 1. The lowest BCUT2D eigenvalue weighted by Gasteiger charge is -2.01. The Hall–Kier alpha value is -1.36. The van der Waals surface area contributed by atoms with Crippen molar-refractivity contribution in [2.24, 2.45) is 0 Å². The number of aromatic hydroxyl groups is 2. The maximum atomic E-state index is 9.48. The summed E-state index contributed by atoms with van der Waals surface area (Å²) in [6.45, 7) is 1.72. The fourth-order valence-electron chi connectivity index (χ4n) is 1.36. The highest BCUT2D eigenvalue weighted by atomic mass is 32.2. The van der Waals surface area contributed by atoms with E-state index in [2.05, 4.69) is 9.97 Å². The number of phenolic OH excluding ortho intramolecular Hbond substituents is 2. The highest BCUT2D eigenvalue weighted by Gasteiger charge is 2.11. The SMILES string of the molecule is CSc1nc2c(C)c(O)c(O)cc2[nH]1. The molecule has 0 aliphatic heterocycles. The van der Waals surface area contributed by atoms with E-state index in [0.29, 0.717) is 11.1 Å². The summed E-state index contributed by atoms with van der Waals surface area (Å²) in [5.41, 5.74) is 2.03. The number of benzene rings is 1. The van der Waals surface area contributed by atoms with Gasteiger partial charge in [-0.3, -0.25) is 0 Å². The molecule has 0 amide bonds. The van der Waals surface area contributed by atoms with Crippen LogP contribution in [0.3, 0.4) is 0 Å². The van der Waals surface area contributed by atoms with Gasteiger partial charge in [-0.1, -0.05) is 11.8 Å². The van der Waals surface area contributed by atoms with Crippen molar-refractivity contribution >= 4 is 22.8 Å². The Labute approximate surface area is 85.0 Å². The van der Waals surface area contributed by atoms with Gasteiger partial charge in [0, 0.05) is 11.6 Å². The number of nitrogens with zero attached hydrogens (tertiary/aromatic N) is 1. The molecule has 0 bridgehead atoms. The van der Waals surface area contributed by atoms with Crippen molar-refractivity contribution in [2.75, 3.05) is 6.26 Å². The molecule has 0 aliphatic carbocycles. The van der Waals surface area contributed by atoms with Gasteiger partial charge >= 0.3 is 0 Å². The van der Waals surface area contributed by atoms with Crippen molar-refractivity contribution < 1.29 is 10.2 Å². The van der Waals surface area contributed by atoms with Crippen molar-refractivity contribution in [1.82, 2.24) is 9.97 Å². The molecule has 74 valence electrons. The fourth-order valence-corrected chi connectivity index (χ4v) is 1.76. The number of hydrogen-bond acceptors (Lipinski definition) is 4. The molecule has 3 N–H and O–H groups in total. The van der Waals surface area contributed by atoms with E-state index in [1.54, 1.807) is 6.92 Å². The zero-order valence-corrected chi connectivity index (χ0v) is 8.64. The van der Waals surface area contributed by atoms with E-state index >= 15 is 0 Å². The van der Waals surface area contributed by atoms with Crippen LogP contribution in [0.4, 0.5) is 0 Å². The first-order chi connectivity index (χ1) is 6.63. The molecule has 2 rings (SSSR count). The van der Waals surface area contributed by atoms with Crippen LogP contribution in [-0.4, -0.2) is 26.4 Å². The summed E-state index contributed by atoms with van der Waals surface area (Å²) in [6, 6.07) is 1.48. The van der Waals surface area contributed by atoms with Gasteiger partial charge in [0.2, 0.25) is 0 Å². The molecule has 14 heavy (non-hydrogen) atoms. The van der Waals surface area contributed by atoms with E-state index in [4.69, 9.17) is 0 Å². The number of phenols is 2. The van der Waals surface area contributed by atoms with Crippen molar-refractivity contribution in [3.63, 3.8) is 0 Å². The smallest absolute Gasteiger partial charge is 0.166 e. The van der Waals surface area contributed by atoms with E-state index in [1.807, 2.05) is 6.26 Å². The van der Waals surface area contributed by atoms with Crippen LogP contribution in [0.25, 0.3) is 11.0 Å². The van der Waals surface area contributed by atoms with Gasteiger partial charge in [0.05, 0.1) is 11.0 Å². The van der Waals surface area contributed by atoms with Crippen LogP contribution in [0.1, 0.15) is 5.56 Å². The number of fused-ring (bicyclic) bond motifs is 1. The minimum absolute atomic E-state index is 0.100. The highest BCUT2D eigenvalue weighted by Crippen LogP contribution is 2.34. The second kappa shape index (κ2) is 3.09. The predicted molar refractivity (Wildman–Crippen MR) is 55.9 cm³/mol. The van der Waals surface area contributed by atoms with Gasteiger partial charge in [-0.25, -0.2) is 4.98 Å². The Balaban J connectivity index is 2.81. The van der Waals surface area contributed by atoms with E-state index in [0.717, 1.165) is 10.7 Å². The van der Waals surface area contributed by atoms with E-state index in [9.17, 15) is 10.2 Å². The fraction of sp³-hybridized carbons (Fsp3) is 0.222. The Morgan fingerprint density at radius 2 is 2.14 bits per heavy atom. The minimum Gasteiger partial charge on any atom is -0.504 e. The minimum atomic E-state index is -0.119. The molecule has 4 nitrogen and oxygen atoms in total. The Kier molecular flexibility index (Phi) is 2.03. The predicted octanol–water partition coefficient (Wildman–Crippen LogP) is 2.00. The molecule has 5 heteroatoms. The molecular weight excluding hydrogens is 200 g/mol. The van der Waals surface area contributed by atoms with Crippen molar-refractivity contribution in [3.8, 4) is 11.5 Å². The monoisotopic (exact) mass is 210 g/mol. The number of hydrogen-bond donors (Lipinski definition) is 3. The molecule has 0 radical (unpaired) electrons. The molecule has 1 aromatic carbocycles. The van der Waals surface area contributed by atoms with Crippen molar-refractivity contribution in [3.05, 3.63) is 11.6 Å². The van der Waals surface area contributed by atoms with Crippen LogP contribution in [0.15, 0.2) is 11.2 Å². The number of aromatic nitrogens is 2. The van der Waals surface area contributed by atoms with E-state index in [1.165, 1.54) is 17.8 Å². The molecule has 0 saturated carbocycles. The van der Waals surface area contributed by atoms with Gasteiger partial charge in [0.1, 0.15) is 0 Å². The summed E-state index contributed by atoms with van der Waals surface area (Å²) in [5.74, 6) is -0.219. The third-order valence-electron chi connectivity index (χ3n) is 2.14. The van der Waals surface area contributed by atoms with Gasteiger partial charge in [0.25, 0.3) is 0 Å². The van der Waals surface area contributed by atoms with Crippen molar-refractivity contribution in [1.29, 1.82) is 0 Å². The quantitative estimate of drug-likeness (QED) is 0.497. The van der Waals surface area contributed by atoms with Gasteiger partial charge < -0.3 is 15.2 Å². The second-order valence-electron chi connectivity index (χ2n) is 3.01. The lowest BCUT2D eigenvalue weighted by Crippen LogP contribution is -1.79.